The molecule has 0 radical (unpaired) electrons. The fraction of sp³-hybridized carbons (Fsp3) is 0.250. The lowest BCUT2D eigenvalue weighted by atomic mass is 10.3. The number of aromatic nitrogens is 1. The molecule has 22 heavy (non-hydrogen) atoms. The van der Waals surface area contributed by atoms with Crippen LogP contribution in [0, 0.1) is 0 Å². The topological polar surface area (TPSA) is 69.7 Å². The highest BCUT2D eigenvalue weighted by molar-refractivity contribution is 5.93. The Morgan fingerprint density at radius 2 is 1.73 bits per heavy atom. The van der Waals surface area contributed by atoms with Crippen molar-refractivity contribution in [2.45, 2.75) is 13.0 Å². The molecule has 1 atom stereocenters. The van der Waals surface area contributed by atoms with E-state index in [4.69, 9.17) is 14.2 Å². The third-order valence-electron chi connectivity index (χ3n) is 2.95. The fourth-order valence-corrected chi connectivity index (χ4v) is 1.73. The number of nitrogens with zero attached hydrogens (tertiary/aromatic N) is 1. The Kier molecular flexibility index (Phi) is 5.19. The van der Waals surface area contributed by atoms with Gasteiger partial charge in [-0.1, -0.05) is 0 Å². The minimum atomic E-state index is -0.643. The summed E-state index contributed by atoms with van der Waals surface area (Å²) in [7, 11) is 3.13. The van der Waals surface area contributed by atoms with E-state index in [1.54, 1.807) is 50.4 Å². The second kappa shape index (κ2) is 7.31. The lowest BCUT2D eigenvalue weighted by Gasteiger charge is -2.15. The van der Waals surface area contributed by atoms with Crippen LogP contribution >= 0.6 is 0 Å². The van der Waals surface area contributed by atoms with Gasteiger partial charge < -0.3 is 19.5 Å². The van der Waals surface area contributed by atoms with Crippen molar-refractivity contribution < 1.29 is 19.0 Å². The van der Waals surface area contributed by atoms with Crippen LogP contribution in [0.4, 0.5) is 5.69 Å². The van der Waals surface area contributed by atoms with Crippen LogP contribution < -0.4 is 19.5 Å². The number of methoxy groups -OCH3 is 2. The number of carbonyl (C=O) groups is 1. The highest BCUT2D eigenvalue weighted by Gasteiger charge is 2.15. The summed E-state index contributed by atoms with van der Waals surface area (Å²) in [6, 6.07) is 10.4. The molecule has 0 saturated carbocycles. The van der Waals surface area contributed by atoms with Gasteiger partial charge in [0.25, 0.3) is 5.91 Å². The Morgan fingerprint density at radius 3 is 2.27 bits per heavy atom. The van der Waals surface area contributed by atoms with E-state index in [1.807, 2.05) is 0 Å². The Hall–Kier alpha value is -2.76. The third-order valence-corrected chi connectivity index (χ3v) is 2.95. The van der Waals surface area contributed by atoms with Crippen LogP contribution in [-0.4, -0.2) is 31.2 Å². The number of ether oxygens (including phenoxy) is 3. The third kappa shape index (κ3) is 4.12. The summed E-state index contributed by atoms with van der Waals surface area (Å²) in [5, 5.41) is 2.73. The maximum atomic E-state index is 12.1. The molecule has 1 aromatic heterocycles. The molecule has 6 heteroatoms. The minimum absolute atomic E-state index is 0.261. The number of hydrogen-bond acceptors (Lipinski definition) is 5. The summed E-state index contributed by atoms with van der Waals surface area (Å²) < 4.78 is 15.6. The largest absolute Gasteiger partial charge is 0.497 e. The molecule has 1 amide bonds. The van der Waals surface area contributed by atoms with Gasteiger partial charge in [-0.05, 0) is 37.3 Å². The molecule has 1 unspecified atom stereocenters. The number of hydrogen-bond donors (Lipinski definition) is 1. The zero-order valence-electron chi connectivity index (χ0n) is 12.7. The number of rotatable bonds is 6. The van der Waals surface area contributed by atoms with Crippen molar-refractivity contribution in [3.8, 4) is 17.4 Å². The Balaban J connectivity index is 1.92. The van der Waals surface area contributed by atoms with Gasteiger partial charge in [0, 0.05) is 6.07 Å². The van der Waals surface area contributed by atoms with Gasteiger partial charge in [0.05, 0.1) is 26.1 Å². The summed E-state index contributed by atoms with van der Waals surface area (Å²) in [4.78, 5) is 16.1. The highest BCUT2D eigenvalue weighted by atomic mass is 16.5. The standard InChI is InChI=1S/C16H18N2O4/c1-11(22-14-7-5-13(20-2)6-8-14)16(19)18-12-4-9-15(21-3)17-10-12/h4-11H,1-3H3,(H,18,19). The van der Waals surface area contributed by atoms with Gasteiger partial charge in [0.1, 0.15) is 11.5 Å². The molecule has 1 heterocycles. The molecule has 116 valence electrons. The Morgan fingerprint density at radius 1 is 1.05 bits per heavy atom. The lowest BCUT2D eigenvalue weighted by molar-refractivity contribution is -0.122. The monoisotopic (exact) mass is 302 g/mol. The highest BCUT2D eigenvalue weighted by Crippen LogP contribution is 2.18. The van der Waals surface area contributed by atoms with Gasteiger partial charge in [0.15, 0.2) is 6.10 Å². The SMILES string of the molecule is COc1ccc(OC(C)C(=O)Nc2ccc(OC)nc2)cc1. The summed E-state index contributed by atoms with van der Waals surface area (Å²) in [6.45, 7) is 1.68. The number of benzene rings is 1. The molecular weight excluding hydrogens is 284 g/mol. The van der Waals surface area contributed by atoms with E-state index in [0.717, 1.165) is 5.75 Å². The van der Waals surface area contributed by atoms with E-state index in [0.29, 0.717) is 17.3 Å². The first-order chi connectivity index (χ1) is 10.6. The van der Waals surface area contributed by atoms with Crippen molar-refractivity contribution >= 4 is 11.6 Å². The maximum Gasteiger partial charge on any atom is 0.265 e. The molecule has 0 fully saturated rings. The second-order valence-corrected chi connectivity index (χ2v) is 4.51. The van der Waals surface area contributed by atoms with E-state index in [9.17, 15) is 4.79 Å². The molecule has 0 aliphatic heterocycles. The molecule has 0 saturated heterocycles. The smallest absolute Gasteiger partial charge is 0.265 e. The minimum Gasteiger partial charge on any atom is -0.497 e. The quantitative estimate of drug-likeness (QED) is 0.888. The van der Waals surface area contributed by atoms with Crippen molar-refractivity contribution in [3.05, 3.63) is 42.6 Å². The van der Waals surface area contributed by atoms with Gasteiger partial charge in [-0.25, -0.2) is 4.98 Å². The molecule has 0 spiro atoms. The molecular formula is C16H18N2O4. The predicted octanol–water partition coefficient (Wildman–Crippen LogP) is 2.50. The van der Waals surface area contributed by atoms with Crippen LogP contribution in [0.25, 0.3) is 0 Å². The summed E-state index contributed by atoms with van der Waals surface area (Å²) >= 11 is 0. The molecule has 0 bridgehead atoms. The first-order valence-electron chi connectivity index (χ1n) is 6.74. The van der Waals surface area contributed by atoms with Crippen LogP contribution in [0.1, 0.15) is 6.92 Å². The van der Waals surface area contributed by atoms with Crippen LogP contribution in [0.5, 0.6) is 17.4 Å². The Bertz CT molecular complexity index is 611. The molecule has 2 aromatic rings. The van der Waals surface area contributed by atoms with Crippen molar-refractivity contribution in [2.24, 2.45) is 0 Å². The molecule has 2 rings (SSSR count). The first-order valence-corrected chi connectivity index (χ1v) is 6.74. The van der Waals surface area contributed by atoms with Crippen LogP contribution in [0.2, 0.25) is 0 Å². The molecule has 0 aliphatic carbocycles. The molecule has 1 N–H and O–H groups in total. The first kappa shape index (κ1) is 15.6. The predicted molar refractivity (Wildman–Crippen MR) is 82.5 cm³/mol. The van der Waals surface area contributed by atoms with Gasteiger partial charge in [-0.15, -0.1) is 0 Å². The lowest BCUT2D eigenvalue weighted by Crippen LogP contribution is -2.30. The summed E-state index contributed by atoms with van der Waals surface area (Å²) in [6.07, 6.45) is 0.882. The van der Waals surface area contributed by atoms with E-state index in [-0.39, 0.29) is 5.91 Å². The van der Waals surface area contributed by atoms with Crippen molar-refractivity contribution in [1.29, 1.82) is 0 Å². The van der Waals surface area contributed by atoms with Gasteiger partial charge in [-0.3, -0.25) is 4.79 Å². The molecule has 6 nitrogen and oxygen atoms in total. The Labute approximate surface area is 129 Å². The van der Waals surface area contributed by atoms with E-state index in [1.165, 1.54) is 13.3 Å². The van der Waals surface area contributed by atoms with Crippen molar-refractivity contribution in [2.75, 3.05) is 19.5 Å². The van der Waals surface area contributed by atoms with Gasteiger partial charge in [-0.2, -0.15) is 0 Å². The van der Waals surface area contributed by atoms with Crippen LogP contribution in [0.3, 0.4) is 0 Å². The summed E-state index contributed by atoms with van der Waals surface area (Å²) in [5.41, 5.74) is 0.580. The zero-order chi connectivity index (χ0) is 15.9. The summed E-state index contributed by atoms with van der Waals surface area (Å²) in [5.74, 6) is 1.55. The number of nitrogens with one attached hydrogen (secondary N) is 1. The molecule has 0 aliphatic rings. The average molecular weight is 302 g/mol. The number of pyridine rings is 1. The van der Waals surface area contributed by atoms with Gasteiger partial charge >= 0.3 is 0 Å². The van der Waals surface area contributed by atoms with Crippen molar-refractivity contribution in [3.63, 3.8) is 0 Å². The maximum absolute atomic E-state index is 12.1. The number of anilines is 1. The van der Waals surface area contributed by atoms with Crippen LogP contribution in [0.15, 0.2) is 42.6 Å². The van der Waals surface area contributed by atoms with Gasteiger partial charge in [0.2, 0.25) is 5.88 Å². The van der Waals surface area contributed by atoms with E-state index in [2.05, 4.69) is 10.3 Å². The van der Waals surface area contributed by atoms with E-state index >= 15 is 0 Å². The number of amides is 1. The second-order valence-electron chi connectivity index (χ2n) is 4.51. The molecule has 1 aromatic carbocycles. The van der Waals surface area contributed by atoms with Crippen molar-refractivity contribution in [1.82, 2.24) is 4.98 Å². The average Bonchev–Trinajstić information content (AvgIpc) is 2.56. The fourth-order valence-electron chi connectivity index (χ4n) is 1.73. The van der Waals surface area contributed by atoms with Crippen LogP contribution in [-0.2, 0) is 4.79 Å². The number of carbonyl (C=O) groups excluding carboxylic acids is 1. The zero-order valence-corrected chi connectivity index (χ0v) is 12.7. The van der Waals surface area contributed by atoms with E-state index < -0.39 is 6.10 Å². The normalized spacial score (nSPS) is 11.4.